The highest BCUT2D eigenvalue weighted by Gasteiger charge is 2.27. The SMILES string of the molecule is CCN(CC)S(=O)(=O)c1cc(C(=O)N(C)CC(=O)Nc2ccc(C)cc2)ccc1F. The van der Waals surface area contributed by atoms with Crippen molar-refractivity contribution in [2.24, 2.45) is 0 Å². The maximum absolute atomic E-state index is 14.2. The number of rotatable bonds is 8. The predicted molar refractivity (Wildman–Crippen MR) is 113 cm³/mol. The quantitative estimate of drug-likeness (QED) is 0.691. The van der Waals surface area contributed by atoms with Crippen LogP contribution in [-0.4, -0.2) is 56.1 Å². The van der Waals surface area contributed by atoms with Crippen molar-refractivity contribution >= 4 is 27.5 Å². The number of carbonyl (C=O) groups is 2. The Morgan fingerprint density at radius 3 is 2.20 bits per heavy atom. The molecule has 0 bridgehead atoms. The van der Waals surface area contributed by atoms with E-state index < -0.39 is 32.6 Å². The van der Waals surface area contributed by atoms with Crippen LogP contribution in [-0.2, 0) is 14.8 Å². The average molecular weight is 436 g/mol. The second-order valence-corrected chi connectivity index (χ2v) is 8.72. The molecule has 0 unspecified atom stereocenters. The summed E-state index contributed by atoms with van der Waals surface area (Å²) in [6, 6.07) is 10.4. The number of hydrogen-bond donors (Lipinski definition) is 1. The predicted octanol–water partition coefficient (Wildman–Crippen LogP) is 2.88. The fourth-order valence-corrected chi connectivity index (χ4v) is 4.43. The van der Waals surface area contributed by atoms with Gasteiger partial charge in [0.2, 0.25) is 15.9 Å². The topological polar surface area (TPSA) is 86.8 Å². The van der Waals surface area contributed by atoms with E-state index in [9.17, 15) is 22.4 Å². The maximum atomic E-state index is 14.2. The van der Waals surface area contributed by atoms with Crippen molar-refractivity contribution in [1.29, 1.82) is 0 Å². The van der Waals surface area contributed by atoms with Gasteiger partial charge in [0.05, 0.1) is 6.54 Å². The fraction of sp³-hybridized carbons (Fsp3) is 0.333. The van der Waals surface area contributed by atoms with E-state index in [2.05, 4.69) is 5.32 Å². The first kappa shape index (κ1) is 23.5. The van der Waals surface area contributed by atoms with Gasteiger partial charge in [0.25, 0.3) is 5.91 Å². The van der Waals surface area contributed by atoms with Crippen molar-refractivity contribution in [3.63, 3.8) is 0 Å². The Bertz CT molecular complexity index is 1020. The lowest BCUT2D eigenvalue weighted by Gasteiger charge is -2.20. The number of aryl methyl sites for hydroxylation is 1. The highest BCUT2D eigenvalue weighted by molar-refractivity contribution is 7.89. The zero-order valence-corrected chi connectivity index (χ0v) is 18.3. The second-order valence-electron chi connectivity index (χ2n) is 6.81. The fourth-order valence-electron chi connectivity index (χ4n) is 2.88. The third-order valence-corrected chi connectivity index (χ3v) is 6.63. The first-order valence-corrected chi connectivity index (χ1v) is 11.0. The summed E-state index contributed by atoms with van der Waals surface area (Å²) in [6.45, 7) is 5.32. The molecule has 2 aromatic rings. The maximum Gasteiger partial charge on any atom is 0.254 e. The van der Waals surface area contributed by atoms with Crippen LogP contribution < -0.4 is 5.32 Å². The summed E-state index contributed by atoms with van der Waals surface area (Å²) in [5, 5.41) is 2.69. The number of nitrogens with zero attached hydrogens (tertiary/aromatic N) is 2. The molecule has 0 saturated heterocycles. The third kappa shape index (κ3) is 5.43. The Balaban J connectivity index is 2.17. The Morgan fingerprint density at radius 1 is 1.03 bits per heavy atom. The van der Waals surface area contributed by atoms with Gasteiger partial charge in [-0.2, -0.15) is 4.31 Å². The normalized spacial score (nSPS) is 11.4. The molecular formula is C21H26FN3O4S. The molecule has 9 heteroatoms. The molecule has 1 N–H and O–H groups in total. The van der Waals surface area contributed by atoms with Crippen molar-refractivity contribution in [1.82, 2.24) is 9.21 Å². The number of benzene rings is 2. The molecule has 2 aromatic carbocycles. The van der Waals surface area contributed by atoms with Crippen LogP contribution in [0, 0.1) is 12.7 Å². The average Bonchev–Trinajstić information content (AvgIpc) is 2.70. The zero-order chi connectivity index (χ0) is 22.5. The Hall–Kier alpha value is -2.78. The molecule has 2 amide bonds. The number of halogens is 1. The van der Waals surface area contributed by atoms with Gasteiger partial charge < -0.3 is 10.2 Å². The van der Waals surface area contributed by atoms with Crippen LogP contribution in [0.5, 0.6) is 0 Å². The Morgan fingerprint density at radius 2 is 1.63 bits per heavy atom. The number of amides is 2. The minimum absolute atomic E-state index is 0.0206. The molecule has 162 valence electrons. The molecule has 0 aromatic heterocycles. The number of carbonyl (C=O) groups excluding carboxylic acids is 2. The standard InChI is InChI=1S/C21H26FN3O4S/c1-5-25(6-2)30(28,29)19-13-16(9-12-18(19)22)21(27)24(4)14-20(26)23-17-10-7-15(3)8-11-17/h7-13H,5-6,14H2,1-4H3,(H,23,26). The highest BCUT2D eigenvalue weighted by Crippen LogP contribution is 2.21. The molecule has 0 aliphatic carbocycles. The van der Waals surface area contributed by atoms with Crippen LogP contribution in [0.25, 0.3) is 0 Å². The smallest absolute Gasteiger partial charge is 0.254 e. The Kier molecular flexibility index (Phi) is 7.69. The van der Waals surface area contributed by atoms with Crippen molar-refractivity contribution in [3.05, 3.63) is 59.4 Å². The lowest BCUT2D eigenvalue weighted by atomic mass is 10.2. The molecule has 7 nitrogen and oxygen atoms in total. The second kappa shape index (κ2) is 9.82. The number of nitrogens with one attached hydrogen (secondary N) is 1. The molecular weight excluding hydrogens is 409 g/mol. The highest BCUT2D eigenvalue weighted by atomic mass is 32.2. The van der Waals surface area contributed by atoms with E-state index in [0.29, 0.717) is 5.69 Å². The lowest BCUT2D eigenvalue weighted by molar-refractivity contribution is -0.116. The van der Waals surface area contributed by atoms with E-state index in [4.69, 9.17) is 0 Å². The van der Waals surface area contributed by atoms with Gasteiger partial charge in [0.1, 0.15) is 10.7 Å². The molecule has 2 rings (SSSR count). The zero-order valence-electron chi connectivity index (χ0n) is 17.5. The molecule has 0 atom stereocenters. The van der Waals surface area contributed by atoms with E-state index in [1.54, 1.807) is 26.0 Å². The molecule has 0 saturated carbocycles. The van der Waals surface area contributed by atoms with Gasteiger partial charge in [-0.1, -0.05) is 31.5 Å². The summed E-state index contributed by atoms with van der Waals surface area (Å²) in [5.74, 6) is -1.93. The van der Waals surface area contributed by atoms with E-state index in [1.807, 2.05) is 19.1 Å². The number of anilines is 1. The molecule has 0 radical (unpaired) electrons. The molecule has 0 fully saturated rings. The van der Waals surface area contributed by atoms with Gasteiger partial charge in [-0.15, -0.1) is 0 Å². The minimum atomic E-state index is -4.07. The van der Waals surface area contributed by atoms with Gasteiger partial charge in [0, 0.05) is 31.4 Å². The largest absolute Gasteiger partial charge is 0.332 e. The monoisotopic (exact) mass is 435 g/mol. The molecule has 0 spiro atoms. The first-order valence-electron chi connectivity index (χ1n) is 9.51. The molecule has 0 aliphatic heterocycles. The lowest BCUT2D eigenvalue weighted by Crippen LogP contribution is -2.35. The third-order valence-electron chi connectivity index (χ3n) is 4.56. The summed E-state index contributed by atoms with van der Waals surface area (Å²) in [6.07, 6.45) is 0. The van der Waals surface area contributed by atoms with Crippen molar-refractivity contribution in [2.75, 3.05) is 32.0 Å². The number of hydrogen-bond acceptors (Lipinski definition) is 4. The van der Waals surface area contributed by atoms with Gasteiger partial charge in [-0.25, -0.2) is 12.8 Å². The van der Waals surface area contributed by atoms with Crippen molar-refractivity contribution in [3.8, 4) is 0 Å². The van der Waals surface area contributed by atoms with Gasteiger partial charge in [0.15, 0.2) is 0 Å². The van der Waals surface area contributed by atoms with Gasteiger partial charge in [-0.05, 0) is 37.3 Å². The molecule has 0 aliphatic rings. The van der Waals surface area contributed by atoms with E-state index >= 15 is 0 Å². The van der Waals surface area contributed by atoms with Crippen LogP contribution in [0.15, 0.2) is 47.4 Å². The molecule has 30 heavy (non-hydrogen) atoms. The number of sulfonamides is 1. The van der Waals surface area contributed by atoms with Crippen LogP contribution >= 0.6 is 0 Å². The van der Waals surface area contributed by atoms with E-state index in [1.165, 1.54) is 13.1 Å². The van der Waals surface area contributed by atoms with Crippen molar-refractivity contribution in [2.45, 2.75) is 25.7 Å². The summed E-state index contributed by atoms with van der Waals surface area (Å²) in [5.41, 5.74) is 1.63. The Labute approximate surface area is 176 Å². The van der Waals surface area contributed by atoms with Crippen LogP contribution in [0.2, 0.25) is 0 Å². The van der Waals surface area contributed by atoms with Gasteiger partial charge in [-0.3, -0.25) is 9.59 Å². The summed E-state index contributed by atoms with van der Waals surface area (Å²) in [7, 11) is -2.66. The molecule has 0 heterocycles. The first-order chi connectivity index (χ1) is 14.1. The summed E-state index contributed by atoms with van der Waals surface area (Å²) < 4.78 is 40.7. The van der Waals surface area contributed by atoms with Crippen LogP contribution in [0.3, 0.4) is 0 Å². The summed E-state index contributed by atoms with van der Waals surface area (Å²) >= 11 is 0. The van der Waals surface area contributed by atoms with E-state index in [0.717, 1.165) is 26.9 Å². The van der Waals surface area contributed by atoms with Gasteiger partial charge >= 0.3 is 0 Å². The van der Waals surface area contributed by atoms with E-state index in [-0.39, 0.29) is 25.2 Å². The van der Waals surface area contributed by atoms with Crippen LogP contribution in [0.4, 0.5) is 10.1 Å². The summed E-state index contributed by atoms with van der Waals surface area (Å²) in [4.78, 5) is 25.5. The number of likely N-dealkylation sites (N-methyl/N-ethyl adjacent to an activating group) is 1. The van der Waals surface area contributed by atoms with Crippen LogP contribution in [0.1, 0.15) is 29.8 Å². The van der Waals surface area contributed by atoms with Crippen molar-refractivity contribution < 1.29 is 22.4 Å². The minimum Gasteiger partial charge on any atom is -0.332 e.